The molecule has 0 bridgehead atoms. The summed E-state index contributed by atoms with van der Waals surface area (Å²) >= 11 is 0. The fraction of sp³-hybridized carbons (Fsp3) is 0.250. The summed E-state index contributed by atoms with van der Waals surface area (Å²) in [5, 5.41) is 14.0. The molecule has 1 unspecified atom stereocenters. The molecular formula is C12H14N4O3. The third-order valence-electron chi connectivity index (χ3n) is 2.69. The lowest BCUT2D eigenvalue weighted by molar-refractivity contribution is -0.385. The molecule has 7 nitrogen and oxygen atoms in total. The van der Waals surface area contributed by atoms with E-state index < -0.39 is 4.92 Å². The van der Waals surface area contributed by atoms with Crippen LogP contribution in [0.1, 0.15) is 18.8 Å². The highest BCUT2D eigenvalue weighted by molar-refractivity contribution is 5.58. The predicted molar refractivity (Wildman–Crippen MR) is 70.3 cm³/mol. The van der Waals surface area contributed by atoms with Crippen LogP contribution in [0.3, 0.4) is 0 Å². The first-order valence-corrected chi connectivity index (χ1v) is 5.70. The molecule has 2 rings (SSSR count). The standard InChI is InChI=1S/C12H14N4O3/c1-8(12-13-5-6-14-12)15-9-3-4-10(16(17)18)11(7-9)19-2/h3-8,15H,1-2H3,(H,13,14). The average Bonchev–Trinajstić information content (AvgIpc) is 2.92. The number of anilines is 1. The minimum absolute atomic E-state index is 0.0406. The molecule has 0 fully saturated rings. The lowest BCUT2D eigenvalue weighted by Crippen LogP contribution is -2.08. The maximum absolute atomic E-state index is 10.8. The van der Waals surface area contributed by atoms with E-state index in [2.05, 4.69) is 15.3 Å². The van der Waals surface area contributed by atoms with Gasteiger partial charge in [-0.05, 0) is 13.0 Å². The SMILES string of the molecule is COc1cc(NC(C)c2ncc[nH]2)ccc1[N+](=O)[O-]. The van der Waals surface area contributed by atoms with Gasteiger partial charge in [0.1, 0.15) is 5.82 Å². The predicted octanol–water partition coefficient (Wildman–Crippen LogP) is 2.50. The highest BCUT2D eigenvalue weighted by atomic mass is 16.6. The number of methoxy groups -OCH3 is 1. The van der Waals surface area contributed by atoms with Gasteiger partial charge in [-0.2, -0.15) is 0 Å². The van der Waals surface area contributed by atoms with E-state index in [1.807, 2.05) is 6.92 Å². The summed E-state index contributed by atoms with van der Waals surface area (Å²) in [7, 11) is 1.40. The quantitative estimate of drug-likeness (QED) is 0.637. The van der Waals surface area contributed by atoms with Crippen LogP contribution in [0.4, 0.5) is 11.4 Å². The molecule has 0 saturated heterocycles. The van der Waals surface area contributed by atoms with Crippen molar-refractivity contribution in [2.75, 3.05) is 12.4 Å². The van der Waals surface area contributed by atoms with Crippen LogP contribution >= 0.6 is 0 Å². The summed E-state index contributed by atoms with van der Waals surface area (Å²) in [6, 6.07) is 4.61. The van der Waals surface area contributed by atoms with Gasteiger partial charge in [-0.1, -0.05) is 0 Å². The van der Waals surface area contributed by atoms with Crippen molar-refractivity contribution >= 4 is 11.4 Å². The molecule has 7 heteroatoms. The molecule has 2 N–H and O–H groups in total. The summed E-state index contributed by atoms with van der Waals surface area (Å²) in [4.78, 5) is 17.5. The summed E-state index contributed by atoms with van der Waals surface area (Å²) < 4.78 is 5.01. The summed E-state index contributed by atoms with van der Waals surface area (Å²) in [5.74, 6) is 1.01. The third kappa shape index (κ3) is 2.82. The summed E-state index contributed by atoms with van der Waals surface area (Å²) in [6.45, 7) is 1.94. The molecule has 1 aromatic heterocycles. The molecule has 0 spiro atoms. The molecule has 0 aliphatic rings. The number of nitro groups is 1. The van der Waals surface area contributed by atoms with Crippen molar-refractivity contribution < 1.29 is 9.66 Å². The first kappa shape index (κ1) is 12.9. The van der Waals surface area contributed by atoms with Gasteiger partial charge in [0.15, 0.2) is 5.75 Å². The van der Waals surface area contributed by atoms with E-state index in [0.717, 1.165) is 11.5 Å². The first-order chi connectivity index (χ1) is 9.11. The van der Waals surface area contributed by atoms with Gasteiger partial charge in [0, 0.05) is 30.2 Å². The maximum Gasteiger partial charge on any atom is 0.311 e. The molecule has 0 radical (unpaired) electrons. The fourth-order valence-electron chi connectivity index (χ4n) is 1.75. The van der Waals surface area contributed by atoms with Gasteiger partial charge in [-0.3, -0.25) is 10.1 Å². The molecule has 0 aliphatic carbocycles. The molecule has 100 valence electrons. The number of benzene rings is 1. The van der Waals surface area contributed by atoms with Crippen molar-refractivity contribution in [3.8, 4) is 5.75 Å². The van der Waals surface area contributed by atoms with E-state index in [1.54, 1.807) is 24.5 Å². The number of nitrogens with zero attached hydrogens (tertiary/aromatic N) is 2. The van der Waals surface area contributed by atoms with Crippen molar-refractivity contribution in [1.29, 1.82) is 0 Å². The van der Waals surface area contributed by atoms with Gasteiger partial charge in [0.2, 0.25) is 0 Å². The number of H-pyrrole nitrogens is 1. The number of aromatic amines is 1. The van der Waals surface area contributed by atoms with Crippen LogP contribution in [0.2, 0.25) is 0 Å². The van der Waals surface area contributed by atoms with Gasteiger partial charge in [-0.25, -0.2) is 4.98 Å². The molecular weight excluding hydrogens is 248 g/mol. The van der Waals surface area contributed by atoms with Gasteiger partial charge in [-0.15, -0.1) is 0 Å². The number of imidazole rings is 1. The maximum atomic E-state index is 10.8. The number of aromatic nitrogens is 2. The molecule has 1 aromatic carbocycles. The van der Waals surface area contributed by atoms with Crippen molar-refractivity contribution in [1.82, 2.24) is 9.97 Å². The Morgan fingerprint density at radius 3 is 2.89 bits per heavy atom. The monoisotopic (exact) mass is 262 g/mol. The van der Waals surface area contributed by atoms with E-state index in [0.29, 0.717) is 0 Å². The van der Waals surface area contributed by atoms with Crippen molar-refractivity contribution in [2.24, 2.45) is 0 Å². The number of hydrogen-bond acceptors (Lipinski definition) is 5. The molecule has 2 aromatic rings. The fourth-order valence-corrected chi connectivity index (χ4v) is 1.75. The van der Waals surface area contributed by atoms with Gasteiger partial charge in [0.25, 0.3) is 0 Å². The van der Waals surface area contributed by atoms with Crippen molar-refractivity contribution in [3.63, 3.8) is 0 Å². The Hall–Kier alpha value is -2.57. The average molecular weight is 262 g/mol. The Morgan fingerprint density at radius 2 is 2.32 bits per heavy atom. The Kier molecular flexibility index (Phi) is 3.65. The Bertz CT molecular complexity index is 568. The lowest BCUT2D eigenvalue weighted by Gasteiger charge is -2.13. The zero-order chi connectivity index (χ0) is 13.8. The highest BCUT2D eigenvalue weighted by Crippen LogP contribution is 2.30. The Labute approximate surface area is 109 Å². The van der Waals surface area contributed by atoms with E-state index >= 15 is 0 Å². The molecule has 19 heavy (non-hydrogen) atoms. The zero-order valence-electron chi connectivity index (χ0n) is 10.6. The Morgan fingerprint density at radius 1 is 1.53 bits per heavy atom. The molecule has 1 heterocycles. The lowest BCUT2D eigenvalue weighted by atomic mass is 10.2. The van der Waals surface area contributed by atoms with E-state index in [-0.39, 0.29) is 17.5 Å². The van der Waals surface area contributed by atoms with Crippen LogP contribution in [0.5, 0.6) is 5.75 Å². The van der Waals surface area contributed by atoms with E-state index in [4.69, 9.17) is 4.74 Å². The number of ether oxygens (including phenoxy) is 1. The number of nitro benzene ring substituents is 1. The second-order valence-electron chi connectivity index (χ2n) is 3.98. The van der Waals surface area contributed by atoms with Gasteiger partial charge >= 0.3 is 5.69 Å². The second-order valence-corrected chi connectivity index (χ2v) is 3.98. The topological polar surface area (TPSA) is 93.1 Å². The molecule has 0 saturated carbocycles. The second kappa shape index (κ2) is 5.38. The van der Waals surface area contributed by atoms with Crippen LogP contribution in [0, 0.1) is 10.1 Å². The van der Waals surface area contributed by atoms with E-state index in [9.17, 15) is 10.1 Å². The molecule has 0 aliphatic heterocycles. The minimum Gasteiger partial charge on any atom is -0.490 e. The van der Waals surface area contributed by atoms with Crippen molar-refractivity contribution in [2.45, 2.75) is 13.0 Å². The van der Waals surface area contributed by atoms with Crippen LogP contribution in [0.15, 0.2) is 30.6 Å². The molecule has 1 atom stereocenters. The van der Waals surface area contributed by atoms with E-state index in [1.165, 1.54) is 13.2 Å². The number of nitrogens with one attached hydrogen (secondary N) is 2. The smallest absolute Gasteiger partial charge is 0.311 e. The Balaban J connectivity index is 2.20. The molecule has 0 amide bonds. The van der Waals surface area contributed by atoms with Gasteiger partial charge < -0.3 is 15.0 Å². The summed E-state index contributed by atoms with van der Waals surface area (Å²) in [6.07, 6.45) is 3.41. The van der Waals surface area contributed by atoms with Gasteiger partial charge in [0.05, 0.1) is 18.1 Å². The first-order valence-electron chi connectivity index (χ1n) is 5.70. The van der Waals surface area contributed by atoms with Crippen LogP contribution in [-0.4, -0.2) is 22.0 Å². The third-order valence-corrected chi connectivity index (χ3v) is 2.69. The largest absolute Gasteiger partial charge is 0.490 e. The zero-order valence-corrected chi connectivity index (χ0v) is 10.6. The highest BCUT2D eigenvalue weighted by Gasteiger charge is 2.16. The number of rotatable bonds is 5. The summed E-state index contributed by atoms with van der Waals surface area (Å²) in [5.41, 5.74) is 0.671. The normalized spacial score (nSPS) is 11.9. The van der Waals surface area contributed by atoms with Crippen LogP contribution < -0.4 is 10.1 Å². The van der Waals surface area contributed by atoms with Crippen molar-refractivity contribution in [3.05, 3.63) is 46.5 Å². The van der Waals surface area contributed by atoms with Crippen LogP contribution in [0.25, 0.3) is 0 Å². The number of hydrogen-bond donors (Lipinski definition) is 2. The van der Waals surface area contributed by atoms with Crippen LogP contribution in [-0.2, 0) is 0 Å². The minimum atomic E-state index is -0.474.